The number of carbonyl (C=O) groups excluding carboxylic acids is 1. The molecule has 0 N–H and O–H groups in total. The number of hydrogen-bond donors (Lipinski definition) is 0. The second-order valence-electron chi connectivity index (χ2n) is 5.18. The molecule has 1 aromatic carbocycles. The molecule has 6 nitrogen and oxygen atoms in total. The van der Waals surface area contributed by atoms with E-state index in [1.165, 1.54) is 10.6 Å². The minimum atomic E-state index is -3.20. The number of ether oxygens (including phenoxy) is 1. The molecule has 0 aliphatic carbocycles. The highest BCUT2D eigenvalue weighted by molar-refractivity contribution is 7.88. The van der Waals surface area contributed by atoms with Gasteiger partial charge in [0.2, 0.25) is 10.0 Å². The summed E-state index contributed by atoms with van der Waals surface area (Å²) in [5, 5.41) is 0.448. The Morgan fingerprint density at radius 3 is 2.36 bits per heavy atom. The maximum atomic E-state index is 12.4. The molecule has 0 unspecified atom stereocenters. The predicted octanol–water partition coefficient (Wildman–Crippen LogP) is 1.21. The van der Waals surface area contributed by atoms with Crippen molar-refractivity contribution in [2.75, 3.05) is 32.4 Å². The molecule has 8 heteroatoms. The molecule has 0 saturated carbocycles. The molecule has 2 rings (SSSR count). The lowest BCUT2D eigenvalue weighted by molar-refractivity contribution is -0.139. The Balaban J connectivity index is 1.94. The molecular weight excluding hydrogens is 328 g/mol. The van der Waals surface area contributed by atoms with E-state index in [0.29, 0.717) is 37.0 Å². The van der Waals surface area contributed by atoms with E-state index in [2.05, 4.69) is 0 Å². The Bertz CT molecular complexity index is 642. The number of piperazine rings is 1. The van der Waals surface area contributed by atoms with Crippen LogP contribution in [0.1, 0.15) is 6.92 Å². The molecule has 1 heterocycles. The van der Waals surface area contributed by atoms with Crippen molar-refractivity contribution in [3.63, 3.8) is 0 Å². The van der Waals surface area contributed by atoms with E-state index in [1.54, 1.807) is 36.1 Å². The first-order valence-electron chi connectivity index (χ1n) is 6.94. The van der Waals surface area contributed by atoms with E-state index in [9.17, 15) is 13.2 Å². The van der Waals surface area contributed by atoms with E-state index in [1.807, 2.05) is 0 Å². The van der Waals surface area contributed by atoms with E-state index < -0.39 is 16.1 Å². The quantitative estimate of drug-likeness (QED) is 0.822. The average molecular weight is 347 g/mol. The minimum absolute atomic E-state index is 0.173. The third-order valence-corrected chi connectivity index (χ3v) is 5.12. The predicted molar refractivity (Wildman–Crippen MR) is 84.5 cm³/mol. The summed E-state index contributed by atoms with van der Waals surface area (Å²) in [6.07, 6.45) is 0.498. The molecule has 1 saturated heterocycles. The van der Waals surface area contributed by atoms with Gasteiger partial charge in [0.25, 0.3) is 5.91 Å². The highest BCUT2D eigenvalue weighted by Gasteiger charge is 2.29. The normalized spacial score (nSPS) is 18.0. The summed E-state index contributed by atoms with van der Waals surface area (Å²) < 4.78 is 29.9. The highest BCUT2D eigenvalue weighted by Crippen LogP contribution is 2.24. The van der Waals surface area contributed by atoms with Crippen molar-refractivity contribution in [2.24, 2.45) is 0 Å². The smallest absolute Gasteiger partial charge is 0.263 e. The van der Waals surface area contributed by atoms with Crippen molar-refractivity contribution in [1.29, 1.82) is 0 Å². The molecule has 0 bridgehead atoms. The van der Waals surface area contributed by atoms with Crippen LogP contribution in [0, 0.1) is 0 Å². The fraction of sp³-hybridized carbons (Fsp3) is 0.500. The van der Waals surface area contributed by atoms with Crippen LogP contribution >= 0.6 is 11.6 Å². The lowest BCUT2D eigenvalue weighted by Gasteiger charge is -2.34. The van der Waals surface area contributed by atoms with Crippen molar-refractivity contribution >= 4 is 27.5 Å². The number of nitrogens with zero attached hydrogens (tertiary/aromatic N) is 2. The Hall–Kier alpha value is -1.31. The van der Waals surface area contributed by atoms with Gasteiger partial charge in [-0.05, 0) is 19.1 Å². The van der Waals surface area contributed by atoms with Crippen molar-refractivity contribution in [2.45, 2.75) is 13.0 Å². The molecular formula is C14H19ClN2O4S. The SMILES string of the molecule is C[C@H](Oc1ccccc1Cl)C(=O)N1CCN(S(C)(=O)=O)CC1. The van der Waals surface area contributed by atoms with E-state index in [-0.39, 0.29) is 5.91 Å². The monoisotopic (exact) mass is 346 g/mol. The van der Waals surface area contributed by atoms with Crippen LogP contribution < -0.4 is 4.74 Å². The van der Waals surface area contributed by atoms with Gasteiger partial charge in [-0.3, -0.25) is 4.79 Å². The van der Waals surface area contributed by atoms with Crippen LogP contribution in [-0.4, -0.2) is 62.1 Å². The van der Waals surface area contributed by atoms with Crippen LogP contribution in [0.2, 0.25) is 5.02 Å². The number of amides is 1. The summed E-state index contributed by atoms with van der Waals surface area (Å²) in [7, 11) is -3.20. The molecule has 1 aliphatic heterocycles. The van der Waals surface area contributed by atoms with Crippen molar-refractivity contribution in [3.8, 4) is 5.75 Å². The number of hydrogen-bond acceptors (Lipinski definition) is 4. The van der Waals surface area contributed by atoms with Crippen molar-refractivity contribution in [3.05, 3.63) is 29.3 Å². The molecule has 122 valence electrons. The average Bonchev–Trinajstić information content (AvgIpc) is 2.48. The van der Waals surface area contributed by atoms with Gasteiger partial charge in [0, 0.05) is 26.2 Å². The maximum absolute atomic E-state index is 12.4. The van der Waals surface area contributed by atoms with Crippen LogP contribution in [0.4, 0.5) is 0 Å². The number of para-hydroxylation sites is 1. The summed E-state index contributed by atoms with van der Waals surface area (Å²) in [6, 6.07) is 6.96. The Kier molecular flexibility index (Phi) is 5.31. The van der Waals surface area contributed by atoms with Crippen LogP contribution in [0.15, 0.2) is 24.3 Å². The molecule has 1 aromatic rings. The van der Waals surface area contributed by atoms with Gasteiger partial charge >= 0.3 is 0 Å². The number of sulfonamides is 1. The fourth-order valence-corrected chi connectivity index (χ4v) is 3.29. The third kappa shape index (κ3) is 4.12. The number of rotatable bonds is 4. The topological polar surface area (TPSA) is 66.9 Å². The second kappa shape index (κ2) is 6.85. The first-order valence-corrected chi connectivity index (χ1v) is 9.17. The van der Waals surface area contributed by atoms with Gasteiger partial charge in [-0.25, -0.2) is 8.42 Å². The van der Waals surface area contributed by atoms with Gasteiger partial charge in [0.05, 0.1) is 11.3 Å². The molecule has 1 fully saturated rings. The molecule has 1 atom stereocenters. The summed E-state index contributed by atoms with van der Waals surface area (Å²) in [5.74, 6) is 0.285. The number of halogens is 1. The van der Waals surface area contributed by atoms with Gasteiger partial charge in [0.1, 0.15) is 5.75 Å². The zero-order valence-electron chi connectivity index (χ0n) is 12.5. The summed E-state index contributed by atoms with van der Waals surface area (Å²) >= 11 is 6.00. The lowest BCUT2D eigenvalue weighted by Crippen LogP contribution is -2.53. The van der Waals surface area contributed by atoms with Crippen LogP contribution in [0.25, 0.3) is 0 Å². The molecule has 1 amide bonds. The molecule has 22 heavy (non-hydrogen) atoms. The molecule has 0 aromatic heterocycles. The van der Waals surface area contributed by atoms with E-state index in [0.717, 1.165) is 0 Å². The van der Waals surface area contributed by atoms with Gasteiger partial charge < -0.3 is 9.64 Å². The van der Waals surface area contributed by atoms with Crippen LogP contribution in [0.5, 0.6) is 5.75 Å². The van der Waals surface area contributed by atoms with E-state index in [4.69, 9.17) is 16.3 Å². The van der Waals surface area contributed by atoms with Crippen molar-refractivity contribution < 1.29 is 17.9 Å². The Morgan fingerprint density at radius 2 is 1.82 bits per heavy atom. The lowest BCUT2D eigenvalue weighted by atomic mass is 10.2. The zero-order chi connectivity index (χ0) is 16.3. The molecule has 0 spiro atoms. The first kappa shape index (κ1) is 17.1. The minimum Gasteiger partial charge on any atom is -0.479 e. The summed E-state index contributed by atoms with van der Waals surface area (Å²) in [4.78, 5) is 14.0. The fourth-order valence-electron chi connectivity index (χ4n) is 2.28. The molecule has 0 radical (unpaired) electrons. The third-order valence-electron chi connectivity index (χ3n) is 3.51. The number of benzene rings is 1. The van der Waals surface area contributed by atoms with Crippen LogP contribution in [0.3, 0.4) is 0 Å². The Labute approximate surface area is 135 Å². The second-order valence-corrected chi connectivity index (χ2v) is 7.57. The van der Waals surface area contributed by atoms with Crippen LogP contribution in [-0.2, 0) is 14.8 Å². The van der Waals surface area contributed by atoms with E-state index >= 15 is 0 Å². The maximum Gasteiger partial charge on any atom is 0.263 e. The number of carbonyl (C=O) groups is 1. The van der Waals surface area contributed by atoms with Gasteiger partial charge in [0.15, 0.2) is 6.10 Å². The molecule has 1 aliphatic rings. The van der Waals surface area contributed by atoms with Gasteiger partial charge in [-0.2, -0.15) is 4.31 Å². The van der Waals surface area contributed by atoms with Gasteiger partial charge in [-0.15, -0.1) is 0 Å². The first-order chi connectivity index (χ1) is 10.3. The summed E-state index contributed by atoms with van der Waals surface area (Å²) in [5.41, 5.74) is 0. The Morgan fingerprint density at radius 1 is 1.23 bits per heavy atom. The highest BCUT2D eigenvalue weighted by atomic mass is 35.5. The van der Waals surface area contributed by atoms with Gasteiger partial charge in [-0.1, -0.05) is 23.7 Å². The van der Waals surface area contributed by atoms with Crippen molar-refractivity contribution in [1.82, 2.24) is 9.21 Å². The standard InChI is InChI=1S/C14H19ClN2O4S/c1-11(21-13-6-4-3-5-12(13)15)14(18)16-7-9-17(10-8-16)22(2,19)20/h3-6,11H,7-10H2,1-2H3/t11-/m0/s1. The largest absolute Gasteiger partial charge is 0.479 e. The summed E-state index contributed by atoms with van der Waals surface area (Å²) in [6.45, 7) is 3.01. The zero-order valence-corrected chi connectivity index (χ0v) is 14.1.